The zero-order valence-electron chi connectivity index (χ0n) is 10.9. The minimum Gasteiger partial charge on any atom is -0.360 e. The monoisotopic (exact) mass is 222 g/mol. The first-order valence-corrected chi connectivity index (χ1v) is 7.01. The Hall–Kier alpha value is -0.530. The van der Waals surface area contributed by atoms with Crippen molar-refractivity contribution in [3.8, 4) is 0 Å². The fourth-order valence-corrected chi connectivity index (χ4v) is 3.52. The van der Waals surface area contributed by atoms with E-state index in [1.807, 2.05) is 7.05 Å². The molecule has 1 saturated carbocycles. The maximum atomic E-state index is 4.44. The number of hydrogen-bond acceptors (Lipinski definition) is 1. The summed E-state index contributed by atoms with van der Waals surface area (Å²) in [5, 5.41) is 0. The summed E-state index contributed by atoms with van der Waals surface area (Å²) in [6, 6.07) is 0.783. The molecule has 16 heavy (non-hydrogen) atoms. The second-order valence-corrected chi connectivity index (χ2v) is 5.46. The smallest absolute Gasteiger partial charge is 0.0985 e. The van der Waals surface area contributed by atoms with Crippen LogP contribution in [0.4, 0.5) is 0 Å². The van der Waals surface area contributed by atoms with E-state index < -0.39 is 0 Å². The molecule has 1 heterocycles. The zero-order valence-corrected chi connectivity index (χ0v) is 10.9. The molecular formula is C14H26N2. The molecule has 0 bridgehead atoms. The van der Waals surface area contributed by atoms with Gasteiger partial charge in [-0.3, -0.25) is 4.99 Å². The number of fused-ring (bicyclic) bond motifs is 1. The van der Waals surface area contributed by atoms with Gasteiger partial charge in [-0.2, -0.15) is 0 Å². The van der Waals surface area contributed by atoms with Crippen molar-refractivity contribution >= 4 is 5.84 Å². The van der Waals surface area contributed by atoms with Gasteiger partial charge in [0.15, 0.2) is 0 Å². The first-order valence-electron chi connectivity index (χ1n) is 7.01. The van der Waals surface area contributed by atoms with Gasteiger partial charge in [0.1, 0.15) is 0 Å². The standard InChI is InChI=1S/C14H26N2/c1-15-14-11-10-12-8-6-4-3-5-7-9-13(12)16(14)2/h12-13H,3-11H2,1-2H3/b15-14+. The summed E-state index contributed by atoms with van der Waals surface area (Å²) in [4.78, 5) is 6.93. The third kappa shape index (κ3) is 2.58. The summed E-state index contributed by atoms with van der Waals surface area (Å²) in [7, 11) is 4.21. The van der Waals surface area contributed by atoms with Crippen LogP contribution in [0.15, 0.2) is 4.99 Å². The van der Waals surface area contributed by atoms with E-state index in [-0.39, 0.29) is 0 Å². The van der Waals surface area contributed by atoms with Crippen molar-refractivity contribution in [2.24, 2.45) is 10.9 Å². The van der Waals surface area contributed by atoms with Crippen LogP contribution >= 0.6 is 0 Å². The third-order valence-electron chi connectivity index (χ3n) is 4.52. The predicted molar refractivity (Wildman–Crippen MR) is 70.0 cm³/mol. The molecule has 0 aromatic carbocycles. The van der Waals surface area contributed by atoms with Crippen molar-refractivity contribution in [1.82, 2.24) is 4.90 Å². The van der Waals surface area contributed by atoms with Crippen LogP contribution in [0.25, 0.3) is 0 Å². The highest BCUT2D eigenvalue weighted by Crippen LogP contribution is 2.33. The van der Waals surface area contributed by atoms with Gasteiger partial charge in [-0.15, -0.1) is 0 Å². The Morgan fingerprint density at radius 1 is 1.00 bits per heavy atom. The van der Waals surface area contributed by atoms with Crippen molar-refractivity contribution < 1.29 is 0 Å². The van der Waals surface area contributed by atoms with Crippen molar-refractivity contribution in [1.29, 1.82) is 0 Å². The van der Waals surface area contributed by atoms with Crippen LogP contribution in [0.1, 0.15) is 57.8 Å². The molecule has 0 radical (unpaired) electrons. The molecule has 1 aliphatic heterocycles. The highest BCUT2D eigenvalue weighted by molar-refractivity contribution is 5.83. The van der Waals surface area contributed by atoms with Crippen molar-refractivity contribution in [3.05, 3.63) is 0 Å². The van der Waals surface area contributed by atoms with Gasteiger partial charge in [-0.25, -0.2) is 0 Å². The molecule has 92 valence electrons. The Bertz CT molecular complexity index is 247. The highest BCUT2D eigenvalue weighted by Gasteiger charge is 2.31. The van der Waals surface area contributed by atoms with Crippen LogP contribution in [-0.2, 0) is 0 Å². The molecule has 2 nitrogen and oxygen atoms in total. The van der Waals surface area contributed by atoms with Crippen LogP contribution in [0.3, 0.4) is 0 Å². The average molecular weight is 222 g/mol. The van der Waals surface area contributed by atoms with Crippen molar-refractivity contribution in [2.75, 3.05) is 14.1 Å². The van der Waals surface area contributed by atoms with Gasteiger partial charge in [0.25, 0.3) is 0 Å². The quantitative estimate of drug-likeness (QED) is 0.613. The Kier molecular flexibility index (Phi) is 4.25. The first kappa shape index (κ1) is 11.9. The first-order chi connectivity index (χ1) is 7.83. The van der Waals surface area contributed by atoms with Gasteiger partial charge in [0.05, 0.1) is 5.84 Å². The molecule has 0 amide bonds. The normalized spacial score (nSPS) is 35.1. The number of hydrogen-bond donors (Lipinski definition) is 0. The topological polar surface area (TPSA) is 15.6 Å². The molecule has 2 unspecified atom stereocenters. The molecule has 1 aliphatic carbocycles. The summed E-state index contributed by atoms with van der Waals surface area (Å²) in [5.41, 5.74) is 0. The molecule has 1 saturated heterocycles. The lowest BCUT2D eigenvalue weighted by molar-refractivity contribution is 0.192. The maximum Gasteiger partial charge on any atom is 0.0985 e. The van der Waals surface area contributed by atoms with E-state index in [0.717, 1.165) is 12.0 Å². The molecule has 0 N–H and O–H groups in total. The van der Waals surface area contributed by atoms with Gasteiger partial charge in [0, 0.05) is 26.6 Å². The summed E-state index contributed by atoms with van der Waals surface area (Å²) < 4.78 is 0. The van der Waals surface area contributed by atoms with Gasteiger partial charge in [0.2, 0.25) is 0 Å². The molecule has 2 fully saturated rings. The number of nitrogens with zero attached hydrogens (tertiary/aromatic N) is 2. The highest BCUT2D eigenvalue weighted by atomic mass is 15.2. The molecule has 2 atom stereocenters. The van der Waals surface area contributed by atoms with Gasteiger partial charge in [-0.05, 0) is 25.2 Å². The maximum absolute atomic E-state index is 4.44. The van der Waals surface area contributed by atoms with Crippen molar-refractivity contribution in [3.63, 3.8) is 0 Å². The fraction of sp³-hybridized carbons (Fsp3) is 0.929. The molecule has 2 aliphatic rings. The number of amidine groups is 1. The summed E-state index contributed by atoms with van der Waals surface area (Å²) in [6.07, 6.45) is 12.6. The van der Waals surface area contributed by atoms with Crippen LogP contribution < -0.4 is 0 Å². The number of rotatable bonds is 0. The summed E-state index contributed by atoms with van der Waals surface area (Å²) in [5.74, 6) is 2.27. The zero-order chi connectivity index (χ0) is 11.4. The van der Waals surface area contributed by atoms with Gasteiger partial charge >= 0.3 is 0 Å². The molecular weight excluding hydrogens is 196 g/mol. The average Bonchev–Trinajstić information content (AvgIpc) is 2.41. The van der Waals surface area contributed by atoms with Crippen molar-refractivity contribution in [2.45, 2.75) is 63.8 Å². The minimum atomic E-state index is 0.783. The summed E-state index contributed by atoms with van der Waals surface area (Å²) in [6.45, 7) is 0. The lowest BCUT2D eigenvalue weighted by atomic mass is 9.83. The lowest BCUT2D eigenvalue weighted by Crippen LogP contribution is -2.46. The SMILES string of the molecule is C/N=C1\CCC2CCCCCCCC2N1C. The number of piperidine rings is 1. The Morgan fingerprint density at radius 2 is 1.69 bits per heavy atom. The van der Waals surface area contributed by atoms with Crippen LogP contribution in [0.2, 0.25) is 0 Å². The number of aliphatic imine (C=N–C) groups is 1. The van der Waals surface area contributed by atoms with E-state index in [0.29, 0.717) is 0 Å². The molecule has 0 spiro atoms. The second-order valence-electron chi connectivity index (χ2n) is 5.46. The van der Waals surface area contributed by atoms with Crippen LogP contribution in [-0.4, -0.2) is 30.9 Å². The fourth-order valence-electron chi connectivity index (χ4n) is 3.52. The third-order valence-corrected chi connectivity index (χ3v) is 4.52. The Morgan fingerprint density at radius 3 is 2.44 bits per heavy atom. The van der Waals surface area contributed by atoms with Crippen LogP contribution in [0.5, 0.6) is 0 Å². The van der Waals surface area contributed by atoms with Gasteiger partial charge in [-0.1, -0.05) is 32.1 Å². The molecule has 0 aromatic rings. The lowest BCUT2D eigenvalue weighted by Gasteiger charge is -2.41. The second kappa shape index (κ2) is 5.70. The van der Waals surface area contributed by atoms with E-state index in [1.54, 1.807) is 0 Å². The van der Waals surface area contributed by atoms with E-state index in [1.165, 1.54) is 63.6 Å². The Balaban J connectivity index is 2.05. The van der Waals surface area contributed by atoms with E-state index in [9.17, 15) is 0 Å². The number of likely N-dealkylation sites (tertiary alicyclic amines) is 1. The van der Waals surface area contributed by atoms with E-state index in [2.05, 4.69) is 16.9 Å². The molecule has 2 heteroatoms. The van der Waals surface area contributed by atoms with E-state index >= 15 is 0 Å². The molecule has 2 rings (SSSR count). The van der Waals surface area contributed by atoms with Gasteiger partial charge < -0.3 is 4.90 Å². The predicted octanol–water partition coefficient (Wildman–Crippen LogP) is 3.47. The summed E-state index contributed by atoms with van der Waals surface area (Å²) >= 11 is 0. The van der Waals surface area contributed by atoms with E-state index in [4.69, 9.17) is 0 Å². The minimum absolute atomic E-state index is 0.783. The van der Waals surface area contributed by atoms with Crippen LogP contribution in [0, 0.1) is 5.92 Å². The Labute approximate surface area is 100 Å². The largest absolute Gasteiger partial charge is 0.360 e. The molecule has 0 aromatic heterocycles.